The van der Waals surface area contributed by atoms with Crippen molar-refractivity contribution in [1.82, 2.24) is 19.5 Å². The first-order valence-corrected chi connectivity index (χ1v) is 14.6. The third-order valence-corrected chi connectivity index (χ3v) is 7.57. The molecule has 0 bridgehead atoms. The molecular weight excluding hydrogens is 609 g/mol. The van der Waals surface area contributed by atoms with Crippen molar-refractivity contribution >= 4 is 21.9 Å². The fourth-order valence-corrected chi connectivity index (χ4v) is 4.54. The van der Waals surface area contributed by atoms with E-state index in [2.05, 4.69) is 10.4 Å². The molecule has 0 aliphatic heterocycles. The normalized spacial score (nSPS) is 13.7. The Morgan fingerprint density at radius 3 is 2.20 bits per heavy atom. The molecule has 1 unspecified atom stereocenters. The topological polar surface area (TPSA) is 158 Å². The number of rotatable bonds is 11. The zero-order valence-corrected chi connectivity index (χ0v) is 25.4. The molecule has 0 fully saturated rings. The number of likely N-dealkylation sites (N-methyl/N-ethyl adjacent to an activating group) is 1. The van der Waals surface area contributed by atoms with E-state index in [1.54, 1.807) is 38.1 Å². The Balaban J connectivity index is 1.76. The Hall–Kier alpha value is -4.67. The lowest BCUT2D eigenvalue weighted by Crippen LogP contribution is -2.47. The molecule has 1 heterocycles. The van der Waals surface area contributed by atoms with Gasteiger partial charge in [-0.15, -0.1) is 5.01 Å². The summed E-state index contributed by atoms with van der Waals surface area (Å²) in [6.07, 6.45) is -5.93. The monoisotopic (exact) mass is 640 g/mol. The molecular formula is C27H31F3N6O7S. The van der Waals surface area contributed by atoms with E-state index in [0.29, 0.717) is 10.6 Å². The second-order valence-electron chi connectivity index (χ2n) is 10.0. The number of sulfonamides is 1. The van der Waals surface area contributed by atoms with Gasteiger partial charge in [0.25, 0.3) is 22.2 Å². The molecule has 1 aromatic heterocycles. The number of ether oxygens (including phenoxy) is 1. The molecule has 0 saturated heterocycles. The van der Waals surface area contributed by atoms with Crippen LogP contribution < -0.4 is 4.72 Å². The molecule has 1 amide bonds. The van der Waals surface area contributed by atoms with Crippen molar-refractivity contribution in [2.75, 3.05) is 7.05 Å². The lowest BCUT2D eigenvalue weighted by atomic mass is 10.1. The van der Waals surface area contributed by atoms with Gasteiger partial charge in [0.1, 0.15) is 0 Å². The summed E-state index contributed by atoms with van der Waals surface area (Å²) >= 11 is 0. The molecule has 2 atom stereocenters. The average molecular weight is 641 g/mol. The van der Waals surface area contributed by atoms with E-state index in [1.165, 1.54) is 26.0 Å². The first-order chi connectivity index (χ1) is 20.4. The maximum absolute atomic E-state index is 13.5. The molecule has 13 nitrogen and oxygen atoms in total. The first kappa shape index (κ1) is 33.8. The largest absolute Gasteiger partial charge is 0.569 e. The third-order valence-electron chi connectivity index (χ3n) is 6.20. The van der Waals surface area contributed by atoms with Crippen LogP contribution in [0.4, 0.5) is 13.2 Å². The highest BCUT2D eigenvalue weighted by Crippen LogP contribution is 2.33. The number of aryl methyl sites for hydroxylation is 1. The predicted molar refractivity (Wildman–Crippen MR) is 149 cm³/mol. The predicted octanol–water partition coefficient (Wildman–Crippen LogP) is 4.35. The molecule has 2 aromatic carbocycles. The SMILES string of the molecule is Cc1ccc(-c2cc(C(F)(F)F)nn2-c2ccc(S(=O)(=O)NC(=O)[C@H](C)N(C)[N+]([O-])=NOC(C)OC(=O)C(C)C)cc2)cc1. The zero-order chi connectivity index (χ0) is 33.0. The Morgan fingerprint density at radius 1 is 1.07 bits per heavy atom. The second kappa shape index (κ2) is 13.3. The third kappa shape index (κ3) is 8.24. The summed E-state index contributed by atoms with van der Waals surface area (Å²) in [7, 11) is -3.33. The van der Waals surface area contributed by atoms with Gasteiger partial charge in [-0.25, -0.2) is 17.8 Å². The highest BCUT2D eigenvalue weighted by molar-refractivity contribution is 7.90. The van der Waals surface area contributed by atoms with Gasteiger partial charge in [0, 0.05) is 12.5 Å². The number of amides is 1. The molecule has 1 N–H and O–H groups in total. The smallest absolute Gasteiger partial charge is 0.435 e. The maximum atomic E-state index is 13.5. The van der Waals surface area contributed by atoms with Crippen molar-refractivity contribution in [2.24, 2.45) is 11.2 Å². The number of carbonyl (C=O) groups excluding carboxylic acids is 2. The Kier molecular flexibility index (Phi) is 10.2. The molecule has 3 aromatic rings. The van der Waals surface area contributed by atoms with E-state index >= 15 is 0 Å². The van der Waals surface area contributed by atoms with Crippen LogP contribution >= 0.6 is 0 Å². The Labute approximate surface area is 251 Å². The van der Waals surface area contributed by atoms with Crippen LogP contribution in [-0.4, -0.2) is 59.4 Å². The fourth-order valence-electron chi connectivity index (χ4n) is 3.49. The number of esters is 1. The number of aromatic nitrogens is 2. The minimum atomic E-state index is -4.72. The Bertz CT molecular complexity index is 1620. The van der Waals surface area contributed by atoms with Crippen LogP contribution in [0.25, 0.3) is 16.9 Å². The van der Waals surface area contributed by atoms with Gasteiger partial charge in [0.2, 0.25) is 5.28 Å². The summed E-state index contributed by atoms with van der Waals surface area (Å²) in [6.45, 7) is 7.56. The number of hydrogen-bond donors (Lipinski definition) is 1. The molecule has 0 saturated carbocycles. The Morgan fingerprint density at radius 2 is 1.66 bits per heavy atom. The summed E-state index contributed by atoms with van der Waals surface area (Å²) in [4.78, 5) is 28.6. The van der Waals surface area contributed by atoms with Gasteiger partial charge >= 0.3 is 12.1 Å². The minimum absolute atomic E-state index is 0.127. The van der Waals surface area contributed by atoms with Crippen molar-refractivity contribution in [3.8, 4) is 16.9 Å². The lowest BCUT2D eigenvalue weighted by molar-refractivity contribution is -0.711. The van der Waals surface area contributed by atoms with Gasteiger partial charge in [0.15, 0.2) is 11.7 Å². The summed E-state index contributed by atoms with van der Waals surface area (Å²) in [6, 6.07) is 10.9. The molecule has 0 aliphatic carbocycles. The van der Waals surface area contributed by atoms with Gasteiger partial charge in [-0.3, -0.25) is 14.4 Å². The molecule has 17 heteroatoms. The summed E-state index contributed by atoms with van der Waals surface area (Å²) < 4.78 is 74.1. The van der Waals surface area contributed by atoms with Crippen molar-refractivity contribution in [3.63, 3.8) is 0 Å². The van der Waals surface area contributed by atoms with Gasteiger partial charge in [-0.1, -0.05) is 43.7 Å². The van der Waals surface area contributed by atoms with Crippen LogP contribution in [0, 0.1) is 18.0 Å². The van der Waals surface area contributed by atoms with E-state index in [-0.39, 0.29) is 21.2 Å². The number of nitrogens with one attached hydrogen (secondary N) is 1. The van der Waals surface area contributed by atoms with Crippen molar-refractivity contribution in [3.05, 3.63) is 71.1 Å². The van der Waals surface area contributed by atoms with E-state index in [4.69, 9.17) is 9.57 Å². The second-order valence-corrected chi connectivity index (χ2v) is 11.7. The van der Waals surface area contributed by atoms with Crippen molar-refractivity contribution in [1.29, 1.82) is 0 Å². The summed E-state index contributed by atoms with van der Waals surface area (Å²) in [5, 5.41) is 19.8. The van der Waals surface area contributed by atoms with Gasteiger partial charge < -0.3 is 9.94 Å². The number of hydrazine groups is 1. The summed E-state index contributed by atoms with van der Waals surface area (Å²) in [5.74, 6) is -2.14. The van der Waals surface area contributed by atoms with Gasteiger partial charge in [-0.05, 0) is 44.2 Å². The highest BCUT2D eigenvalue weighted by atomic mass is 32.2. The average Bonchev–Trinajstić information content (AvgIpc) is 3.41. The number of nitrogens with zero attached hydrogens (tertiary/aromatic N) is 5. The minimum Gasteiger partial charge on any atom is -0.569 e. The van der Waals surface area contributed by atoms with Crippen LogP contribution in [-0.2, 0) is 35.4 Å². The zero-order valence-electron chi connectivity index (χ0n) is 24.6. The maximum Gasteiger partial charge on any atom is 0.435 e. The number of alkyl halides is 3. The molecule has 0 aliphatic rings. The molecule has 238 valence electrons. The molecule has 0 spiro atoms. The molecule has 44 heavy (non-hydrogen) atoms. The van der Waals surface area contributed by atoms with E-state index < -0.39 is 52.0 Å². The number of benzene rings is 2. The van der Waals surface area contributed by atoms with E-state index in [9.17, 15) is 36.4 Å². The van der Waals surface area contributed by atoms with E-state index in [0.717, 1.165) is 35.5 Å². The summed E-state index contributed by atoms with van der Waals surface area (Å²) in [5.41, 5.74) is 0.480. The standard InChI is InChI=1S/C27H31F3N6O7S/c1-16(2)26(38)42-19(5)43-33-36(39)34(6)18(4)25(37)32-44(40,41)22-13-11-21(12-14-22)35-23(15-24(31-35)27(28,29)30)20-9-7-17(3)8-10-20/h7-16,18-19H,1-6H3,(H,32,37)/t18-,19?/m0/s1. The van der Waals surface area contributed by atoms with Crippen LogP contribution in [0.2, 0.25) is 0 Å². The molecule has 0 radical (unpaired) electrons. The van der Waals surface area contributed by atoms with Gasteiger partial charge in [0.05, 0.1) is 34.2 Å². The van der Waals surface area contributed by atoms with Crippen LogP contribution in [0.15, 0.2) is 64.8 Å². The van der Waals surface area contributed by atoms with Gasteiger partial charge in [-0.2, -0.15) is 18.3 Å². The van der Waals surface area contributed by atoms with Crippen molar-refractivity contribution in [2.45, 2.75) is 58.0 Å². The number of halogens is 3. The number of carbonyl (C=O) groups is 2. The van der Waals surface area contributed by atoms with E-state index in [1.807, 2.05) is 11.6 Å². The van der Waals surface area contributed by atoms with Crippen molar-refractivity contribution < 1.29 is 45.7 Å². The van der Waals surface area contributed by atoms with Crippen LogP contribution in [0.1, 0.15) is 39.0 Å². The lowest BCUT2D eigenvalue weighted by Gasteiger charge is -2.20. The van der Waals surface area contributed by atoms with Crippen LogP contribution in [0.3, 0.4) is 0 Å². The number of hydrogen-bond acceptors (Lipinski definition) is 9. The first-order valence-electron chi connectivity index (χ1n) is 13.1. The fraction of sp³-hybridized carbons (Fsp3) is 0.370. The quantitative estimate of drug-likeness (QED) is 0.106. The highest BCUT2D eigenvalue weighted by Gasteiger charge is 2.35. The molecule has 3 rings (SSSR count). The van der Waals surface area contributed by atoms with Crippen LogP contribution in [0.5, 0.6) is 0 Å².